The maximum absolute atomic E-state index is 14.8. The van der Waals surface area contributed by atoms with Crippen molar-refractivity contribution in [3.05, 3.63) is 82.7 Å². The SMILES string of the molecule is CCCCCCCc1ccc2c(c1)Cc1cc(-c3cc(F)cc(F)c3)c(F)cc1-2. The van der Waals surface area contributed by atoms with Gasteiger partial charge in [0, 0.05) is 11.6 Å². The Morgan fingerprint density at radius 1 is 0.690 bits per heavy atom. The van der Waals surface area contributed by atoms with E-state index in [0.29, 0.717) is 0 Å². The molecule has 0 atom stereocenters. The number of hydrogen-bond donors (Lipinski definition) is 0. The first-order valence-corrected chi connectivity index (χ1v) is 10.5. The van der Waals surface area contributed by atoms with Gasteiger partial charge >= 0.3 is 0 Å². The Labute approximate surface area is 170 Å². The van der Waals surface area contributed by atoms with Crippen molar-refractivity contribution in [2.75, 3.05) is 0 Å². The second-order valence-electron chi connectivity index (χ2n) is 7.98. The monoisotopic (exact) mass is 394 g/mol. The summed E-state index contributed by atoms with van der Waals surface area (Å²) in [6.45, 7) is 2.22. The van der Waals surface area contributed by atoms with Crippen molar-refractivity contribution in [2.24, 2.45) is 0 Å². The molecule has 1 aliphatic rings. The smallest absolute Gasteiger partial charge is 0.131 e. The number of aryl methyl sites for hydroxylation is 1. The van der Waals surface area contributed by atoms with E-state index in [9.17, 15) is 13.2 Å². The van der Waals surface area contributed by atoms with E-state index in [-0.39, 0.29) is 11.1 Å². The fourth-order valence-corrected chi connectivity index (χ4v) is 4.30. The van der Waals surface area contributed by atoms with Crippen molar-refractivity contribution in [2.45, 2.75) is 51.9 Å². The summed E-state index contributed by atoms with van der Waals surface area (Å²) in [5.74, 6) is -1.86. The molecule has 0 nitrogen and oxygen atoms in total. The summed E-state index contributed by atoms with van der Waals surface area (Å²) in [4.78, 5) is 0. The molecule has 0 spiro atoms. The van der Waals surface area contributed by atoms with Crippen molar-refractivity contribution < 1.29 is 13.2 Å². The fourth-order valence-electron chi connectivity index (χ4n) is 4.30. The third-order valence-corrected chi connectivity index (χ3v) is 5.78. The number of rotatable bonds is 7. The zero-order valence-electron chi connectivity index (χ0n) is 16.7. The first-order chi connectivity index (χ1) is 14.0. The van der Waals surface area contributed by atoms with Crippen molar-refractivity contribution in [1.82, 2.24) is 0 Å². The molecular weight excluding hydrogens is 369 g/mol. The van der Waals surface area contributed by atoms with E-state index in [4.69, 9.17) is 0 Å². The van der Waals surface area contributed by atoms with Gasteiger partial charge in [-0.1, -0.05) is 50.8 Å². The number of fused-ring (bicyclic) bond motifs is 3. The van der Waals surface area contributed by atoms with Crippen LogP contribution in [0.5, 0.6) is 0 Å². The second-order valence-corrected chi connectivity index (χ2v) is 7.98. The molecule has 0 saturated heterocycles. The Morgan fingerprint density at radius 3 is 2.17 bits per heavy atom. The standard InChI is InChI=1S/C26H25F3/c1-2-3-4-5-6-7-17-8-9-23-18(10-17)11-19-14-25(26(29)16-24(19)23)20-12-21(27)15-22(28)13-20/h8-10,12-16H,2-7,11H2,1H3. The van der Waals surface area contributed by atoms with Gasteiger partial charge in [-0.25, -0.2) is 13.2 Å². The highest BCUT2D eigenvalue weighted by Gasteiger charge is 2.22. The molecule has 0 fully saturated rings. The second kappa shape index (κ2) is 8.44. The number of halogens is 3. The lowest BCUT2D eigenvalue weighted by atomic mass is 9.97. The van der Waals surface area contributed by atoms with E-state index >= 15 is 0 Å². The molecule has 3 aromatic rings. The predicted molar refractivity (Wildman–Crippen MR) is 112 cm³/mol. The van der Waals surface area contributed by atoms with Gasteiger partial charge in [-0.2, -0.15) is 0 Å². The number of benzene rings is 3. The molecule has 0 radical (unpaired) electrons. The van der Waals surface area contributed by atoms with Crippen LogP contribution >= 0.6 is 0 Å². The molecule has 0 N–H and O–H groups in total. The van der Waals surface area contributed by atoms with E-state index in [2.05, 4.69) is 25.1 Å². The first kappa shape index (κ1) is 19.8. The largest absolute Gasteiger partial charge is 0.207 e. The zero-order valence-corrected chi connectivity index (χ0v) is 16.7. The van der Waals surface area contributed by atoms with Crippen molar-refractivity contribution in [1.29, 1.82) is 0 Å². The van der Waals surface area contributed by atoms with Crippen LogP contribution in [0, 0.1) is 17.5 Å². The minimum Gasteiger partial charge on any atom is -0.207 e. The van der Waals surface area contributed by atoms with Gasteiger partial charge in [0.2, 0.25) is 0 Å². The Bertz CT molecular complexity index is 1020. The van der Waals surface area contributed by atoms with E-state index < -0.39 is 17.5 Å². The van der Waals surface area contributed by atoms with Crippen molar-refractivity contribution in [3.8, 4) is 22.3 Å². The van der Waals surface area contributed by atoms with Crippen LogP contribution in [0.15, 0.2) is 48.5 Å². The molecule has 0 unspecified atom stereocenters. The lowest BCUT2D eigenvalue weighted by Gasteiger charge is -2.09. The van der Waals surface area contributed by atoms with Gasteiger partial charge in [0.05, 0.1) is 0 Å². The van der Waals surface area contributed by atoms with Crippen LogP contribution in [0.2, 0.25) is 0 Å². The fraction of sp³-hybridized carbons (Fsp3) is 0.308. The number of unbranched alkanes of at least 4 members (excludes halogenated alkanes) is 4. The molecular formula is C26H25F3. The quantitative estimate of drug-likeness (QED) is 0.280. The lowest BCUT2D eigenvalue weighted by molar-refractivity contribution is 0.583. The highest BCUT2D eigenvalue weighted by molar-refractivity contribution is 5.80. The normalized spacial score (nSPS) is 12.1. The molecule has 0 heterocycles. The van der Waals surface area contributed by atoms with E-state index in [1.807, 2.05) is 0 Å². The van der Waals surface area contributed by atoms with Crippen LogP contribution in [-0.2, 0) is 12.8 Å². The minimum absolute atomic E-state index is 0.228. The Kier molecular flexibility index (Phi) is 5.75. The summed E-state index contributed by atoms with van der Waals surface area (Å²) in [6.07, 6.45) is 8.06. The summed E-state index contributed by atoms with van der Waals surface area (Å²) in [5.41, 5.74) is 5.94. The van der Waals surface area contributed by atoms with Gasteiger partial charge in [-0.3, -0.25) is 0 Å². The lowest BCUT2D eigenvalue weighted by Crippen LogP contribution is -1.91. The topological polar surface area (TPSA) is 0 Å². The molecule has 150 valence electrons. The first-order valence-electron chi connectivity index (χ1n) is 10.5. The maximum atomic E-state index is 14.8. The number of hydrogen-bond acceptors (Lipinski definition) is 0. The Balaban J connectivity index is 1.57. The van der Waals surface area contributed by atoms with Crippen molar-refractivity contribution >= 4 is 0 Å². The van der Waals surface area contributed by atoms with Gasteiger partial charge in [0.15, 0.2) is 0 Å². The van der Waals surface area contributed by atoms with Gasteiger partial charge in [0.1, 0.15) is 17.5 Å². The molecule has 0 amide bonds. The van der Waals surface area contributed by atoms with Gasteiger partial charge < -0.3 is 0 Å². The van der Waals surface area contributed by atoms with Crippen LogP contribution in [0.3, 0.4) is 0 Å². The van der Waals surface area contributed by atoms with Gasteiger partial charge in [0.25, 0.3) is 0 Å². The summed E-state index contributed by atoms with van der Waals surface area (Å²) in [5, 5.41) is 0. The molecule has 3 aromatic carbocycles. The zero-order chi connectivity index (χ0) is 20.4. The molecule has 29 heavy (non-hydrogen) atoms. The molecule has 0 aromatic heterocycles. The van der Waals surface area contributed by atoms with E-state index in [1.54, 1.807) is 6.07 Å². The average Bonchev–Trinajstić information content (AvgIpc) is 3.03. The van der Waals surface area contributed by atoms with Crippen LogP contribution in [-0.4, -0.2) is 0 Å². The molecule has 0 aliphatic heterocycles. The van der Waals surface area contributed by atoms with Gasteiger partial charge in [-0.05, 0) is 76.9 Å². The summed E-state index contributed by atoms with van der Waals surface area (Å²) >= 11 is 0. The maximum Gasteiger partial charge on any atom is 0.131 e. The molecule has 3 heteroatoms. The highest BCUT2D eigenvalue weighted by Crippen LogP contribution is 2.40. The molecule has 1 aliphatic carbocycles. The third kappa shape index (κ3) is 4.24. The summed E-state index contributed by atoms with van der Waals surface area (Å²) in [6, 6.07) is 12.8. The average molecular weight is 394 g/mol. The molecule has 4 rings (SSSR count). The van der Waals surface area contributed by atoms with Crippen LogP contribution in [0.25, 0.3) is 22.3 Å². The summed E-state index contributed by atoms with van der Waals surface area (Å²) in [7, 11) is 0. The molecule has 0 bridgehead atoms. The van der Waals surface area contributed by atoms with Crippen LogP contribution in [0.4, 0.5) is 13.2 Å². The highest BCUT2D eigenvalue weighted by atomic mass is 19.1. The van der Waals surface area contributed by atoms with Crippen LogP contribution in [0.1, 0.15) is 55.7 Å². The van der Waals surface area contributed by atoms with E-state index in [1.165, 1.54) is 61.4 Å². The molecule has 0 saturated carbocycles. The van der Waals surface area contributed by atoms with Crippen molar-refractivity contribution in [3.63, 3.8) is 0 Å². The van der Waals surface area contributed by atoms with Crippen LogP contribution < -0.4 is 0 Å². The summed E-state index contributed by atoms with van der Waals surface area (Å²) < 4.78 is 42.0. The third-order valence-electron chi connectivity index (χ3n) is 5.78. The predicted octanol–water partition coefficient (Wildman–Crippen LogP) is 7.86. The van der Waals surface area contributed by atoms with E-state index in [0.717, 1.165) is 35.6 Å². The Hall–Kier alpha value is -2.55. The minimum atomic E-state index is -0.702. The van der Waals surface area contributed by atoms with Gasteiger partial charge in [-0.15, -0.1) is 0 Å². The Morgan fingerprint density at radius 2 is 1.41 bits per heavy atom.